The molecular formula is C19H23N7. The van der Waals surface area contributed by atoms with Crippen LogP contribution in [0.5, 0.6) is 0 Å². The Morgan fingerprint density at radius 2 is 1.73 bits per heavy atom. The molecule has 2 fully saturated rings. The van der Waals surface area contributed by atoms with Crippen LogP contribution in [0.15, 0.2) is 37.1 Å². The van der Waals surface area contributed by atoms with Crippen molar-refractivity contribution in [2.45, 2.75) is 19.8 Å². The summed E-state index contributed by atoms with van der Waals surface area (Å²) in [5.41, 5.74) is 2.20. The van der Waals surface area contributed by atoms with Crippen LogP contribution in [0.3, 0.4) is 0 Å². The standard InChI is InChI=1S/C19H23N7/c1-13(2)16-7-18(22-12-21-16)24-8-14-10-25(11-15(14)9-24)19-17-3-4-23-26(17)6-5-20-19/h3-7,12-15H,8-11H2,1-2H3. The molecule has 0 aliphatic carbocycles. The number of hydrogen-bond donors (Lipinski definition) is 0. The molecule has 2 saturated heterocycles. The fraction of sp³-hybridized carbons (Fsp3) is 0.474. The number of aromatic nitrogens is 5. The first-order valence-electron chi connectivity index (χ1n) is 9.29. The van der Waals surface area contributed by atoms with Crippen molar-refractivity contribution in [2.24, 2.45) is 11.8 Å². The molecule has 0 saturated carbocycles. The highest BCUT2D eigenvalue weighted by Crippen LogP contribution is 2.36. The molecule has 0 aromatic carbocycles. The second kappa shape index (κ2) is 5.93. The average Bonchev–Trinajstić information content (AvgIpc) is 3.35. The molecule has 5 rings (SSSR count). The second-order valence-corrected chi connectivity index (χ2v) is 7.70. The van der Waals surface area contributed by atoms with E-state index in [-0.39, 0.29) is 0 Å². The van der Waals surface area contributed by atoms with Crippen LogP contribution >= 0.6 is 0 Å². The van der Waals surface area contributed by atoms with Crippen molar-refractivity contribution in [2.75, 3.05) is 36.0 Å². The third-order valence-corrected chi connectivity index (χ3v) is 5.68. The number of anilines is 2. The van der Waals surface area contributed by atoms with E-state index in [0.717, 1.165) is 49.0 Å². The molecule has 2 unspecified atom stereocenters. The molecule has 2 aliphatic rings. The Morgan fingerprint density at radius 3 is 2.50 bits per heavy atom. The van der Waals surface area contributed by atoms with Crippen molar-refractivity contribution in [3.63, 3.8) is 0 Å². The van der Waals surface area contributed by atoms with Gasteiger partial charge in [0.05, 0.1) is 6.20 Å². The average molecular weight is 349 g/mol. The van der Waals surface area contributed by atoms with Gasteiger partial charge in [0, 0.05) is 62.2 Å². The summed E-state index contributed by atoms with van der Waals surface area (Å²) < 4.78 is 1.90. The van der Waals surface area contributed by atoms with E-state index in [1.165, 1.54) is 0 Å². The predicted molar refractivity (Wildman–Crippen MR) is 101 cm³/mol. The van der Waals surface area contributed by atoms with Crippen LogP contribution in [-0.2, 0) is 0 Å². The Kier molecular flexibility index (Phi) is 3.55. The van der Waals surface area contributed by atoms with Crippen molar-refractivity contribution in [1.29, 1.82) is 0 Å². The molecule has 26 heavy (non-hydrogen) atoms. The Hall–Kier alpha value is -2.70. The topological polar surface area (TPSA) is 62.5 Å². The SMILES string of the molecule is CC(C)c1cc(N2CC3CN(c4nccn5nccc45)CC3C2)ncn1. The highest BCUT2D eigenvalue weighted by atomic mass is 15.3. The van der Waals surface area contributed by atoms with Crippen molar-refractivity contribution in [1.82, 2.24) is 24.6 Å². The first kappa shape index (κ1) is 15.5. The molecule has 0 radical (unpaired) electrons. The van der Waals surface area contributed by atoms with E-state index in [4.69, 9.17) is 0 Å². The maximum absolute atomic E-state index is 4.63. The monoisotopic (exact) mass is 349 g/mol. The Morgan fingerprint density at radius 1 is 0.962 bits per heavy atom. The third kappa shape index (κ3) is 2.50. The lowest BCUT2D eigenvalue weighted by Gasteiger charge is -2.23. The van der Waals surface area contributed by atoms with Crippen LogP contribution in [0.2, 0.25) is 0 Å². The van der Waals surface area contributed by atoms with E-state index < -0.39 is 0 Å². The van der Waals surface area contributed by atoms with E-state index in [2.05, 4.69) is 49.8 Å². The first-order valence-corrected chi connectivity index (χ1v) is 9.29. The molecule has 5 heterocycles. The number of rotatable bonds is 3. The van der Waals surface area contributed by atoms with Crippen LogP contribution in [0.4, 0.5) is 11.6 Å². The second-order valence-electron chi connectivity index (χ2n) is 7.70. The lowest BCUT2D eigenvalue weighted by molar-refractivity contribution is 0.533. The normalized spacial score (nSPS) is 22.6. The molecule has 3 aromatic heterocycles. The maximum atomic E-state index is 4.63. The van der Waals surface area contributed by atoms with E-state index >= 15 is 0 Å². The molecule has 3 aromatic rings. The Bertz CT molecular complexity index is 920. The summed E-state index contributed by atoms with van der Waals surface area (Å²) in [4.78, 5) is 18.4. The van der Waals surface area contributed by atoms with Crippen LogP contribution in [0, 0.1) is 11.8 Å². The Labute approximate surface area is 152 Å². The summed E-state index contributed by atoms with van der Waals surface area (Å²) in [6.45, 7) is 8.54. The van der Waals surface area contributed by atoms with Gasteiger partial charge in [-0.1, -0.05) is 13.8 Å². The van der Waals surface area contributed by atoms with Crippen molar-refractivity contribution in [3.8, 4) is 0 Å². The van der Waals surface area contributed by atoms with E-state index in [1.807, 2.05) is 29.2 Å². The van der Waals surface area contributed by atoms with Gasteiger partial charge in [0.25, 0.3) is 0 Å². The van der Waals surface area contributed by atoms with Gasteiger partial charge in [-0.2, -0.15) is 5.10 Å². The van der Waals surface area contributed by atoms with Gasteiger partial charge in [-0.05, 0) is 12.0 Å². The maximum Gasteiger partial charge on any atom is 0.154 e. The summed E-state index contributed by atoms with van der Waals surface area (Å²) in [5, 5.41) is 4.32. The molecule has 0 N–H and O–H groups in total. The molecule has 7 nitrogen and oxygen atoms in total. The van der Waals surface area contributed by atoms with Crippen LogP contribution in [-0.4, -0.2) is 50.7 Å². The quantitative estimate of drug-likeness (QED) is 0.722. The summed E-state index contributed by atoms with van der Waals surface area (Å²) >= 11 is 0. The van der Waals surface area contributed by atoms with Gasteiger partial charge in [0.15, 0.2) is 5.82 Å². The van der Waals surface area contributed by atoms with Crippen LogP contribution in [0.1, 0.15) is 25.5 Å². The lowest BCUT2D eigenvalue weighted by Crippen LogP contribution is -2.30. The summed E-state index contributed by atoms with van der Waals surface area (Å²) in [7, 11) is 0. The summed E-state index contributed by atoms with van der Waals surface area (Å²) in [5.74, 6) is 3.85. The number of hydrogen-bond acceptors (Lipinski definition) is 6. The van der Waals surface area contributed by atoms with Gasteiger partial charge in [-0.3, -0.25) is 0 Å². The van der Waals surface area contributed by atoms with Crippen molar-refractivity contribution >= 4 is 17.2 Å². The van der Waals surface area contributed by atoms with Crippen LogP contribution < -0.4 is 9.80 Å². The molecule has 0 bridgehead atoms. The highest BCUT2D eigenvalue weighted by Gasteiger charge is 2.41. The van der Waals surface area contributed by atoms with Gasteiger partial charge in [-0.15, -0.1) is 0 Å². The Balaban J connectivity index is 1.33. The molecule has 134 valence electrons. The predicted octanol–water partition coefficient (Wildman–Crippen LogP) is 2.22. The molecule has 0 spiro atoms. The van der Waals surface area contributed by atoms with Gasteiger partial charge in [0.1, 0.15) is 17.7 Å². The minimum Gasteiger partial charge on any atom is -0.356 e. The van der Waals surface area contributed by atoms with E-state index in [9.17, 15) is 0 Å². The third-order valence-electron chi connectivity index (χ3n) is 5.68. The van der Waals surface area contributed by atoms with Gasteiger partial charge in [-0.25, -0.2) is 19.5 Å². The van der Waals surface area contributed by atoms with E-state index in [0.29, 0.717) is 17.8 Å². The highest BCUT2D eigenvalue weighted by molar-refractivity contribution is 5.68. The zero-order valence-corrected chi connectivity index (χ0v) is 15.2. The smallest absolute Gasteiger partial charge is 0.154 e. The number of fused-ring (bicyclic) bond motifs is 2. The summed E-state index contributed by atoms with van der Waals surface area (Å²) in [6, 6.07) is 4.19. The van der Waals surface area contributed by atoms with Crippen molar-refractivity contribution in [3.05, 3.63) is 42.7 Å². The van der Waals surface area contributed by atoms with Gasteiger partial charge < -0.3 is 9.80 Å². The lowest BCUT2D eigenvalue weighted by atomic mass is 10.0. The fourth-order valence-corrected chi connectivity index (χ4v) is 4.29. The largest absolute Gasteiger partial charge is 0.356 e. The molecule has 7 heteroatoms. The van der Waals surface area contributed by atoms with E-state index in [1.54, 1.807) is 6.33 Å². The van der Waals surface area contributed by atoms with Gasteiger partial charge >= 0.3 is 0 Å². The molecular weight excluding hydrogens is 326 g/mol. The summed E-state index contributed by atoms with van der Waals surface area (Å²) in [6.07, 6.45) is 7.28. The first-order chi connectivity index (χ1) is 12.7. The van der Waals surface area contributed by atoms with Gasteiger partial charge in [0.2, 0.25) is 0 Å². The molecule has 0 amide bonds. The zero-order chi connectivity index (χ0) is 17.7. The molecule has 2 atom stereocenters. The fourth-order valence-electron chi connectivity index (χ4n) is 4.29. The van der Waals surface area contributed by atoms with Crippen LogP contribution in [0.25, 0.3) is 5.52 Å². The minimum absolute atomic E-state index is 0.427. The number of nitrogens with zero attached hydrogens (tertiary/aromatic N) is 7. The van der Waals surface area contributed by atoms with Crippen molar-refractivity contribution < 1.29 is 0 Å². The zero-order valence-electron chi connectivity index (χ0n) is 15.2. The minimum atomic E-state index is 0.427. The molecule has 2 aliphatic heterocycles.